The minimum absolute atomic E-state index is 0.0727. The van der Waals surface area contributed by atoms with Gasteiger partial charge < -0.3 is 25.7 Å². The second kappa shape index (κ2) is 10.0. The van der Waals surface area contributed by atoms with Gasteiger partial charge >= 0.3 is 0 Å². The van der Waals surface area contributed by atoms with E-state index in [1.54, 1.807) is 13.0 Å². The van der Waals surface area contributed by atoms with Gasteiger partial charge in [-0.1, -0.05) is 33.8 Å². The molecule has 0 spiro atoms. The fourth-order valence-corrected chi connectivity index (χ4v) is 4.04. The highest BCUT2D eigenvalue weighted by Gasteiger charge is 2.64. The highest BCUT2D eigenvalue weighted by atomic mass is 19.3. The molecule has 1 heterocycles. The molecular formula is C23H33F2N3O5. The topological polar surface area (TPSA) is 119 Å². The van der Waals surface area contributed by atoms with Crippen LogP contribution in [0.3, 0.4) is 0 Å². The van der Waals surface area contributed by atoms with Gasteiger partial charge in [-0.05, 0) is 31.4 Å². The first kappa shape index (κ1) is 26.5. The Labute approximate surface area is 192 Å². The van der Waals surface area contributed by atoms with E-state index in [9.17, 15) is 33.4 Å². The molecule has 1 aromatic rings. The van der Waals surface area contributed by atoms with Crippen LogP contribution in [-0.2, 0) is 16.0 Å². The molecule has 4 N–H and O–H groups in total. The minimum Gasteiger partial charge on any atom is -0.508 e. The summed E-state index contributed by atoms with van der Waals surface area (Å²) in [6.07, 6.45) is -0.730. The number of phenols is 1. The lowest BCUT2D eigenvalue weighted by molar-refractivity contribution is -0.146. The monoisotopic (exact) mass is 469 g/mol. The van der Waals surface area contributed by atoms with Gasteiger partial charge in [-0.3, -0.25) is 14.4 Å². The van der Waals surface area contributed by atoms with Crippen molar-refractivity contribution in [1.82, 2.24) is 15.5 Å². The Hall–Kier alpha value is -2.75. The molecule has 0 saturated carbocycles. The maximum atomic E-state index is 14.7. The van der Waals surface area contributed by atoms with E-state index >= 15 is 0 Å². The van der Waals surface area contributed by atoms with Crippen LogP contribution in [0.25, 0.3) is 0 Å². The van der Waals surface area contributed by atoms with Crippen LogP contribution in [0.4, 0.5) is 8.78 Å². The SMILES string of the molecule is CCCNC(=O)[C@H]1N(C(=O)[C@@H](O)CNC(=O)c2c(CC)ccc(O)c2C)CC(F)(F)C1(C)C. The lowest BCUT2D eigenvalue weighted by Gasteiger charge is -2.33. The summed E-state index contributed by atoms with van der Waals surface area (Å²) in [5, 5.41) is 25.3. The van der Waals surface area contributed by atoms with E-state index in [0.717, 1.165) is 0 Å². The van der Waals surface area contributed by atoms with Gasteiger partial charge in [0.05, 0.1) is 18.5 Å². The van der Waals surface area contributed by atoms with E-state index in [4.69, 9.17) is 0 Å². The molecule has 33 heavy (non-hydrogen) atoms. The number of likely N-dealkylation sites (tertiary alicyclic amines) is 1. The van der Waals surface area contributed by atoms with Crippen LogP contribution in [0.2, 0.25) is 0 Å². The third-order valence-corrected chi connectivity index (χ3v) is 6.26. The quantitative estimate of drug-likeness (QED) is 0.463. The Balaban J connectivity index is 2.19. The van der Waals surface area contributed by atoms with Crippen LogP contribution in [0.5, 0.6) is 5.75 Å². The van der Waals surface area contributed by atoms with E-state index in [1.807, 2.05) is 13.8 Å². The number of carbonyl (C=O) groups is 3. The number of aryl methyl sites for hydroxylation is 1. The first-order valence-corrected chi connectivity index (χ1v) is 11.0. The second-order valence-electron chi connectivity index (χ2n) is 8.91. The molecule has 1 aromatic carbocycles. The standard InChI is InChI=1S/C23H33F2N3O5/c1-6-10-26-20(32)18-22(4,5)23(24,25)12-28(18)21(33)16(30)11-27-19(31)17-13(3)15(29)9-8-14(17)7-2/h8-9,16,18,29-30H,6-7,10-12H2,1-5H3,(H,26,32)(H,27,31)/t16-,18+/m0/s1. The van der Waals surface area contributed by atoms with Crippen LogP contribution in [0.1, 0.15) is 55.6 Å². The molecule has 8 nitrogen and oxygen atoms in total. The van der Waals surface area contributed by atoms with Gasteiger partial charge in [0, 0.05) is 17.7 Å². The normalized spacial score (nSPS) is 19.8. The van der Waals surface area contributed by atoms with Crippen molar-refractivity contribution in [3.63, 3.8) is 0 Å². The van der Waals surface area contributed by atoms with Crippen LogP contribution in [0.15, 0.2) is 12.1 Å². The average Bonchev–Trinajstić information content (AvgIpc) is 2.95. The van der Waals surface area contributed by atoms with E-state index in [-0.39, 0.29) is 17.9 Å². The molecule has 2 rings (SSSR count). The molecule has 184 valence electrons. The Kier molecular flexibility index (Phi) is 8.05. The van der Waals surface area contributed by atoms with Gasteiger partial charge in [-0.25, -0.2) is 8.78 Å². The molecule has 0 bridgehead atoms. The number of amides is 3. The molecule has 3 amide bonds. The number of aliphatic hydroxyl groups excluding tert-OH is 1. The molecule has 1 fully saturated rings. The van der Waals surface area contributed by atoms with Crippen LogP contribution in [0, 0.1) is 12.3 Å². The largest absolute Gasteiger partial charge is 0.508 e. The lowest BCUT2D eigenvalue weighted by atomic mass is 9.81. The summed E-state index contributed by atoms with van der Waals surface area (Å²) < 4.78 is 29.4. The van der Waals surface area contributed by atoms with E-state index in [0.29, 0.717) is 28.9 Å². The predicted molar refractivity (Wildman–Crippen MR) is 118 cm³/mol. The smallest absolute Gasteiger partial charge is 0.272 e. The van der Waals surface area contributed by atoms with E-state index in [1.165, 1.54) is 19.9 Å². The molecule has 1 saturated heterocycles. The number of carbonyl (C=O) groups excluding carboxylic acids is 3. The Morgan fingerprint density at radius 3 is 2.42 bits per heavy atom. The van der Waals surface area contributed by atoms with Crippen molar-refractivity contribution >= 4 is 17.7 Å². The summed E-state index contributed by atoms with van der Waals surface area (Å²) in [7, 11) is 0. The molecule has 1 aliphatic rings. The Morgan fingerprint density at radius 1 is 1.21 bits per heavy atom. The minimum atomic E-state index is -3.35. The Morgan fingerprint density at radius 2 is 1.85 bits per heavy atom. The van der Waals surface area contributed by atoms with Gasteiger partial charge in [-0.15, -0.1) is 0 Å². The number of aliphatic hydroxyl groups is 1. The fourth-order valence-electron chi connectivity index (χ4n) is 4.04. The fraction of sp³-hybridized carbons (Fsp3) is 0.609. The molecule has 2 atom stereocenters. The third kappa shape index (κ3) is 5.10. The first-order valence-electron chi connectivity index (χ1n) is 11.0. The molecule has 1 aliphatic heterocycles. The van der Waals surface area contributed by atoms with Crippen molar-refractivity contribution in [2.24, 2.45) is 5.41 Å². The first-order chi connectivity index (χ1) is 15.3. The summed E-state index contributed by atoms with van der Waals surface area (Å²) in [4.78, 5) is 38.9. The average molecular weight is 470 g/mol. The zero-order valence-corrected chi connectivity index (χ0v) is 19.7. The van der Waals surface area contributed by atoms with Gasteiger partial charge in [0.1, 0.15) is 17.9 Å². The lowest BCUT2D eigenvalue weighted by Crippen LogP contribution is -2.55. The Bertz CT molecular complexity index is 920. The maximum absolute atomic E-state index is 14.7. The molecule has 0 aliphatic carbocycles. The summed E-state index contributed by atoms with van der Waals surface area (Å²) in [5.74, 6) is -5.82. The summed E-state index contributed by atoms with van der Waals surface area (Å²) in [6, 6.07) is 1.60. The van der Waals surface area contributed by atoms with E-state index < -0.39 is 54.3 Å². The number of benzene rings is 1. The molecule has 0 radical (unpaired) electrons. The number of phenolic OH excluding ortho intramolecular Hbond substituents is 1. The number of aromatic hydroxyl groups is 1. The molecule has 0 aromatic heterocycles. The van der Waals surface area contributed by atoms with Gasteiger partial charge in [-0.2, -0.15) is 0 Å². The van der Waals surface area contributed by atoms with Crippen LogP contribution in [-0.4, -0.2) is 70.5 Å². The summed E-state index contributed by atoms with van der Waals surface area (Å²) in [6.45, 7) is 6.34. The number of halogens is 2. The van der Waals surface area contributed by atoms with Crippen molar-refractivity contribution in [3.8, 4) is 5.75 Å². The van der Waals surface area contributed by atoms with Gasteiger partial charge in [0.25, 0.3) is 17.7 Å². The number of nitrogens with one attached hydrogen (secondary N) is 2. The van der Waals surface area contributed by atoms with Gasteiger partial charge in [0.2, 0.25) is 5.91 Å². The molecular weight excluding hydrogens is 436 g/mol. The van der Waals surface area contributed by atoms with Crippen molar-refractivity contribution in [2.45, 2.75) is 65.5 Å². The number of hydrogen-bond donors (Lipinski definition) is 4. The second-order valence-corrected chi connectivity index (χ2v) is 8.91. The van der Waals surface area contributed by atoms with Crippen molar-refractivity contribution in [1.29, 1.82) is 0 Å². The zero-order valence-electron chi connectivity index (χ0n) is 19.7. The van der Waals surface area contributed by atoms with Crippen LogP contribution < -0.4 is 10.6 Å². The highest BCUT2D eigenvalue weighted by molar-refractivity contribution is 5.98. The highest BCUT2D eigenvalue weighted by Crippen LogP contribution is 2.48. The zero-order chi connectivity index (χ0) is 25.1. The number of rotatable bonds is 8. The summed E-state index contributed by atoms with van der Waals surface area (Å²) in [5.41, 5.74) is -0.612. The summed E-state index contributed by atoms with van der Waals surface area (Å²) >= 11 is 0. The van der Waals surface area contributed by atoms with E-state index in [2.05, 4.69) is 10.6 Å². The maximum Gasteiger partial charge on any atom is 0.272 e. The number of alkyl halides is 2. The molecule has 10 heteroatoms. The van der Waals surface area contributed by atoms with Crippen molar-refractivity contribution < 1.29 is 33.4 Å². The molecule has 0 unspecified atom stereocenters. The number of nitrogens with zero attached hydrogens (tertiary/aromatic N) is 1. The van der Waals surface area contributed by atoms with Gasteiger partial charge in [0.15, 0.2) is 0 Å². The predicted octanol–water partition coefficient (Wildman–Crippen LogP) is 1.75. The van der Waals surface area contributed by atoms with Crippen LogP contribution >= 0.6 is 0 Å². The third-order valence-electron chi connectivity index (χ3n) is 6.26. The van der Waals surface area contributed by atoms with Crippen molar-refractivity contribution in [2.75, 3.05) is 19.6 Å². The number of hydrogen-bond acceptors (Lipinski definition) is 5. The van der Waals surface area contributed by atoms with Crippen molar-refractivity contribution in [3.05, 3.63) is 28.8 Å².